The number of aromatic nitrogens is 3. The molecule has 2 N–H and O–H groups in total. The molecule has 72 valence electrons. The number of benzene rings is 1. The zero-order valence-corrected chi connectivity index (χ0v) is 7.71. The largest absolute Gasteiger partial charge is 0.368 e. The van der Waals surface area contributed by atoms with Crippen LogP contribution in [0.3, 0.4) is 0 Å². The summed E-state index contributed by atoms with van der Waals surface area (Å²) in [4.78, 5) is 11.0. The Hall–Kier alpha value is -1.91. The van der Waals surface area contributed by atoms with E-state index in [1.54, 1.807) is 6.92 Å². The van der Waals surface area contributed by atoms with Crippen LogP contribution in [-0.2, 0) is 4.79 Å². The van der Waals surface area contributed by atoms with Crippen molar-refractivity contribution in [2.75, 3.05) is 0 Å². The summed E-state index contributed by atoms with van der Waals surface area (Å²) < 4.78 is 1.53. The number of carbonyl (C=O) groups is 1. The van der Waals surface area contributed by atoms with Crippen LogP contribution in [0.4, 0.5) is 0 Å². The monoisotopic (exact) mass is 190 g/mol. The van der Waals surface area contributed by atoms with Crippen LogP contribution in [0.1, 0.15) is 13.0 Å². The number of amides is 1. The maximum Gasteiger partial charge on any atom is 0.242 e. The second-order valence-corrected chi connectivity index (χ2v) is 3.10. The van der Waals surface area contributed by atoms with Gasteiger partial charge in [0.15, 0.2) is 0 Å². The lowest BCUT2D eigenvalue weighted by Gasteiger charge is -2.06. The van der Waals surface area contributed by atoms with Crippen LogP contribution in [0.5, 0.6) is 0 Å². The fraction of sp³-hybridized carbons (Fsp3) is 0.222. The van der Waals surface area contributed by atoms with Gasteiger partial charge in [0.1, 0.15) is 11.6 Å². The van der Waals surface area contributed by atoms with Gasteiger partial charge in [-0.3, -0.25) is 4.79 Å². The molecular weight excluding hydrogens is 180 g/mol. The van der Waals surface area contributed by atoms with Crippen molar-refractivity contribution in [1.29, 1.82) is 0 Å². The predicted molar refractivity (Wildman–Crippen MR) is 51.4 cm³/mol. The van der Waals surface area contributed by atoms with Crippen molar-refractivity contribution >= 4 is 16.9 Å². The first-order valence-corrected chi connectivity index (χ1v) is 4.29. The molecule has 0 unspecified atom stereocenters. The lowest BCUT2D eigenvalue weighted by Crippen LogP contribution is -2.24. The van der Waals surface area contributed by atoms with Gasteiger partial charge in [-0.1, -0.05) is 17.3 Å². The topological polar surface area (TPSA) is 73.8 Å². The van der Waals surface area contributed by atoms with Gasteiger partial charge in [-0.05, 0) is 19.1 Å². The van der Waals surface area contributed by atoms with Gasteiger partial charge in [0.25, 0.3) is 0 Å². The summed E-state index contributed by atoms with van der Waals surface area (Å²) >= 11 is 0. The van der Waals surface area contributed by atoms with E-state index in [2.05, 4.69) is 10.3 Å². The van der Waals surface area contributed by atoms with Gasteiger partial charge in [0.05, 0.1) is 5.52 Å². The molecule has 0 saturated carbocycles. The molecule has 0 fully saturated rings. The average molecular weight is 190 g/mol. The highest BCUT2D eigenvalue weighted by molar-refractivity contribution is 5.81. The quantitative estimate of drug-likeness (QED) is 0.748. The Kier molecular flexibility index (Phi) is 1.92. The minimum atomic E-state index is -0.470. The van der Waals surface area contributed by atoms with Crippen molar-refractivity contribution < 1.29 is 4.79 Å². The molecule has 0 spiro atoms. The maximum atomic E-state index is 11.0. The minimum absolute atomic E-state index is 0.416. The van der Waals surface area contributed by atoms with Crippen molar-refractivity contribution in [2.45, 2.75) is 13.0 Å². The van der Waals surface area contributed by atoms with E-state index in [0.717, 1.165) is 11.0 Å². The van der Waals surface area contributed by atoms with E-state index in [-0.39, 0.29) is 0 Å². The Balaban J connectivity index is 2.58. The highest BCUT2D eigenvalue weighted by Gasteiger charge is 2.14. The first-order valence-electron chi connectivity index (χ1n) is 4.29. The van der Waals surface area contributed by atoms with Gasteiger partial charge in [0.2, 0.25) is 5.91 Å². The molecule has 0 bridgehead atoms. The standard InChI is InChI=1S/C9H10N4O/c1-6(9(10)14)13-8-5-3-2-4-7(8)11-12-13/h2-6H,1H3,(H2,10,14)/t6-/m0/s1. The van der Waals surface area contributed by atoms with Gasteiger partial charge in [0, 0.05) is 0 Å². The Morgan fingerprint density at radius 2 is 2.21 bits per heavy atom. The summed E-state index contributed by atoms with van der Waals surface area (Å²) in [6.45, 7) is 1.70. The summed E-state index contributed by atoms with van der Waals surface area (Å²) in [6.07, 6.45) is 0. The van der Waals surface area contributed by atoms with E-state index >= 15 is 0 Å². The fourth-order valence-corrected chi connectivity index (χ4v) is 1.29. The maximum absolute atomic E-state index is 11.0. The first kappa shape index (κ1) is 8.68. The number of para-hydroxylation sites is 1. The summed E-state index contributed by atoms with van der Waals surface area (Å²) in [5.74, 6) is -0.416. The molecule has 0 radical (unpaired) electrons. The predicted octanol–water partition coefficient (Wildman–Crippen LogP) is 0.478. The van der Waals surface area contributed by atoms with Gasteiger partial charge in [-0.15, -0.1) is 5.10 Å². The van der Waals surface area contributed by atoms with Crippen LogP contribution in [0, 0.1) is 0 Å². The summed E-state index contributed by atoms with van der Waals surface area (Å²) in [6, 6.07) is 6.97. The van der Waals surface area contributed by atoms with E-state index in [9.17, 15) is 4.79 Å². The molecule has 0 saturated heterocycles. The number of carbonyl (C=O) groups excluding carboxylic acids is 1. The molecule has 1 amide bonds. The van der Waals surface area contributed by atoms with Gasteiger partial charge < -0.3 is 5.73 Å². The Morgan fingerprint density at radius 3 is 2.93 bits per heavy atom. The lowest BCUT2D eigenvalue weighted by molar-refractivity contribution is -0.120. The van der Waals surface area contributed by atoms with E-state index in [0.29, 0.717) is 0 Å². The number of hydrogen-bond acceptors (Lipinski definition) is 3. The molecule has 14 heavy (non-hydrogen) atoms. The molecule has 2 aromatic rings. The summed E-state index contributed by atoms with van der Waals surface area (Å²) in [5.41, 5.74) is 6.77. The van der Waals surface area contributed by atoms with Gasteiger partial charge >= 0.3 is 0 Å². The highest BCUT2D eigenvalue weighted by atomic mass is 16.1. The van der Waals surface area contributed by atoms with Crippen molar-refractivity contribution in [2.24, 2.45) is 5.73 Å². The Bertz CT molecular complexity index is 476. The molecule has 0 aliphatic rings. The minimum Gasteiger partial charge on any atom is -0.368 e. The smallest absolute Gasteiger partial charge is 0.242 e. The molecule has 1 atom stereocenters. The number of primary amides is 1. The van der Waals surface area contributed by atoms with Crippen molar-refractivity contribution in [3.63, 3.8) is 0 Å². The van der Waals surface area contributed by atoms with E-state index in [1.807, 2.05) is 24.3 Å². The van der Waals surface area contributed by atoms with Crippen LogP contribution in [0.15, 0.2) is 24.3 Å². The van der Waals surface area contributed by atoms with Crippen molar-refractivity contribution in [3.05, 3.63) is 24.3 Å². The van der Waals surface area contributed by atoms with Gasteiger partial charge in [-0.25, -0.2) is 4.68 Å². The molecule has 1 aromatic carbocycles. The SMILES string of the molecule is C[C@@H](C(N)=O)n1nnc2ccccc21. The average Bonchev–Trinajstić information content (AvgIpc) is 2.60. The number of nitrogens with two attached hydrogens (primary N) is 1. The van der Waals surface area contributed by atoms with Crippen molar-refractivity contribution in [3.8, 4) is 0 Å². The molecule has 1 heterocycles. The zero-order valence-electron chi connectivity index (χ0n) is 7.71. The molecule has 5 heteroatoms. The third kappa shape index (κ3) is 1.22. The molecule has 5 nitrogen and oxygen atoms in total. The number of hydrogen-bond donors (Lipinski definition) is 1. The zero-order chi connectivity index (χ0) is 10.1. The third-order valence-electron chi connectivity index (χ3n) is 2.16. The van der Waals surface area contributed by atoms with Gasteiger partial charge in [-0.2, -0.15) is 0 Å². The van der Waals surface area contributed by atoms with E-state index in [4.69, 9.17) is 5.73 Å². The summed E-state index contributed by atoms with van der Waals surface area (Å²) in [5, 5.41) is 7.81. The first-order chi connectivity index (χ1) is 6.70. The van der Waals surface area contributed by atoms with Crippen LogP contribution < -0.4 is 5.73 Å². The number of rotatable bonds is 2. The van der Waals surface area contributed by atoms with E-state index < -0.39 is 11.9 Å². The summed E-state index contributed by atoms with van der Waals surface area (Å²) in [7, 11) is 0. The highest BCUT2D eigenvalue weighted by Crippen LogP contribution is 2.14. The number of nitrogens with zero attached hydrogens (tertiary/aromatic N) is 3. The molecule has 0 aliphatic heterocycles. The van der Waals surface area contributed by atoms with Crippen LogP contribution in [-0.4, -0.2) is 20.9 Å². The lowest BCUT2D eigenvalue weighted by atomic mass is 10.3. The Labute approximate surface area is 80.5 Å². The fourth-order valence-electron chi connectivity index (χ4n) is 1.29. The molecule has 0 aliphatic carbocycles. The second kappa shape index (κ2) is 3.10. The molecule has 1 aromatic heterocycles. The van der Waals surface area contributed by atoms with Crippen LogP contribution >= 0.6 is 0 Å². The Morgan fingerprint density at radius 1 is 1.50 bits per heavy atom. The molecule has 2 rings (SSSR count). The molecular formula is C9H10N4O. The van der Waals surface area contributed by atoms with E-state index in [1.165, 1.54) is 4.68 Å². The van der Waals surface area contributed by atoms with Crippen LogP contribution in [0.2, 0.25) is 0 Å². The van der Waals surface area contributed by atoms with Crippen molar-refractivity contribution in [1.82, 2.24) is 15.0 Å². The number of fused-ring (bicyclic) bond motifs is 1. The van der Waals surface area contributed by atoms with Crippen LogP contribution in [0.25, 0.3) is 11.0 Å². The third-order valence-corrected chi connectivity index (χ3v) is 2.16. The normalized spacial score (nSPS) is 12.9. The second-order valence-electron chi connectivity index (χ2n) is 3.10.